The molecule has 0 unspecified atom stereocenters. The number of fused-ring (bicyclic) bond motifs is 1. The quantitative estimate of drug-likeness (QED) is 0.634. The number of likely N-dealkylation sites (tertiary alicyclic amines) is 1. The molecule has 4 rings (SSSR count). The van der Waals surface area contributed by atoms with Gasteiger partial charge in [-0.25, -0.2) is 9.97 Å². The van der Waals surface area contributed by atoms with Crippen LogP contribution >= 0.6 is 0 Å². The zero-order valence-corrected chi connectivity index (χ0v) is 18.0. The second-order valence-electron chi connectivity index (χ2n) is 8.30. The number of nitrogens with one attached hydrogen (secondary N) is 1. The van der Waals surface area contributed by atoms with E-state index in [9.17, 15) is 9.59 Å². The van der Waals surface area contributed by atoms with E-state index >= 15 is 0 Å². The number of hydrogen-bond donors (Lipinski definition) is 1. The maximum Gasteiger partial charge on any atom is 0.271 e. The van der Waals surface area contributed by atoms with Crippen molar-refractivity contribution in [1.82, 2.24) is 29.7 Å². The molecule has 31 heavy (non-hydrogen) atoms. The monoisotopic (exact) mass is 420 g/mol. The summed E-state index contributed by atoms with van der Waals surface area (Å²) in [7, 11) is 0. The maximum atomic E-state index is 13.0. The number of imidazole rings is 1. The Kier molecular flexibility index (Phi) is 6.25. The van der Waals surface area contributed by atoms with E-state index < -0.39 is 0 Å². The minimum atomic E-state index is -0.322. The first-order valence-electron chi connectivity index (χ1n) is 10.8. The van der Waals surface area contributed by atoms with Crippen molar-refractivity contribution in [3.63, 3.8) is 0 Å². The van der Waals surface area contributed by atoms with Crippen molar-refractivity contribution in [2.24, 2.45) is 5.92 Å². The van der Waals surface area contributed by atoms with Crippen LogP contribution in [0.5, 0.6) is 0 Å². The average Bonchev–Trinajstić information content (AvgIpc) is 3.39. The molecule has 1 atom stereocenters. The Morgan fingerprint density at radius 2 is 2.06 bits per heavy atom. The summed E-state index contributed by atoms with van der Waals surface area (Å²) in [6.45, 7) is 6.22. The Hall–Kier alpha value is -3.29. The van der Waals surface area contributed by atoms with Gasteiger partial charge in [-0.05, 0) is 30.9 Å². The average molecular weight is 421 g/mol. The van der Waals surface area contributed by atoms with Crippen LogP contribution in [-0.2, 0) is 11.3 Å². The van der Waals surface area contributed by atoms with Gasteiger partial charge in [0.2, 0.25) is 5.91 Å². The highest BCUT2D eigenvalue weighted by Gasteiger charge is 2.33. The minimum absolute atomic E-state index is 0.0325. The van der Waals surface area contributed by atoms with Crippen LogP contribution in [0.25, 0.3) is 11.0 Å². The number of carbonyl (C=O) groups excluding carboxylic acids is 2. The number of aromatic nitrogens is 4. The van der Waals surface area contributed by atoms with Crippen LogP contribution in [0.1, 0.15) is 55.5 Å². The first-order valence-corrected chi connectivity index (χ1v) is 10.8. The molecule has 0 spiro atoms. The summed E-state index contributed by atoms with van der Waals surface area (Å²) in [4.78, 5) is 39.8. The van der Waals surface area contributed by atoms with Crippen LogP contribution < -0.4 is 5.32 Å². The molecule has 1 aliphatic heterocycles. The van der Waals surface area contributed by atoms with Crippen molar-refractivity contribution in [2.45, 2.75) is 45.7 Å². The molecule has 162 valence electrons. The molecule has 2 amide bonds. The first kappa shape index (κ1) is 21.0. The maximum absolute atomic E-state index is 13.0. The van der Waals surface area contributed by atoms with E-state index in [1.807, 2.05) is 23.1 Å². The lowest BCUT2D eigenvalue weighted by Crippen LogP contribution is -2.35. The third-order valence-electron chi connectivity index (χ3n) is 5.52. The van der Waals surface area contributed by atoms with Gasteiger partial charge < -0.3 is 14.8 Å². The third-order valence-corrected chi connectivity index (χ3v) is 5.52. The number of para-hydroxylation sites is 2. The highest BCUT2D eigenvalue weighted by Crippen LogP contribution is 2.34. The van der Waals surface area contributed by atoms with Crippen molar-refractivity contribution in [3.05, 3.63) is 54.4 Å². The molecule has 2 aromatic heterocycles. The minimum Gasteiger partial charge on any atom is -0.350 e. The Morgan fingerprint density at radius 3 is 2.84 bits per heavy atom. The molecule has 0 saturated carbocycles. The molecular formula is C23H28N6O2. The van der Waals surface area contributed by atoms with Gasteiger partial charge in [-0.3, -0.25) is 14.6 Å². The number of benzene rings is 1. The number of amides is 2. The zero-order valence-electron chi connectivity index (χ0n) is 18.0. The normalized spacial score (nSPS) is 16.2. The lowest BCUT2D eigenvalue weighted by Gasteiger charge is -2.26. The Balaban J connectivity index is 1.46. The Labute approximate surface area is 181 Å². The number of rotatable bonds is 7. The lowest BCUT2D eigenvalue weighted by atomic mass is 10.1. The largest absolute Gasteiger partial charge is 0.350 e. The molecule has 0 aliphatic carbocycles. The van der Waals surface area contributed by atoms with Crippen molar-refractivity contribution in [1.29, 1.82) is 0 Å². The molecular weight excluding hydrogens is 392 g/mol. The second-order valence-corrected chi connectivity index (χ2v) is 8.30. The Bertz CT molecular complexity index is 1060. The van der Waals surface area contributed by atoms with Gasteiger partial charge in [-0.1, -0.05) is 26.0 Å². The van der Waals surface area contributed by atoms with Gasteiger partial charge >= 0.3 is 0 Å². The highest BCUT2D eigenvalue weighted by atomic mass is 16.2. The summed E-state index contributed by atoms with van der Waals surface area (Å²) in [6, 6.07) is 8.11. The van der Waals surface area contributed by atoms with E-state index in [0.29, 0.717) is 12.5 Å². The molecule has 1 saturated heterocycles. The van der Waals surface area contributed by atoms with Gasteiger partial charge in [0.05, 0.1) is 23.3 Å². The Morgan fingerprint density at radius 1 is 1.23 bits per heavy atom. The van der Waals surface area contributed by atoms with Crippen LogP contribution in [0.4, 0.5) is 0 Å². The fraction of sp³-hybridized carbons (Fsp3) is 0.435. The van der Waals surface area contributed by atoms with Crippen molar-refractivity contribution < 1.29 is 9.59 Å². The van der Waals surface area contributed by atoms with Crippen molar-refractivity contribution >= 4 is 22.8 Å². The molecule has 3 heterocycles. The van der Waals surface area contributed by atoms with Gasteiger partial charge in [-0.15, -0.1) is 0 Å². The molecule has 1 N–H and O–H groups in total. The van der Waals surface area contributed by atoms with Gasteiger partial charge in [0.15, 0.2) is 0 Å². The van der Waals surface area contributed by atoms with Crippen LogP contribution in [0.3, 0.4) is 0 Å². The van der Waals surface area contributed by atoms with Crippen molar-refractivity contribution in [2.75, 3.05) is 13.1 Å². The predicted octanol–water partition coefficient (Wildman–Crippen LogP) is 2.97. The van der Waals surface area contributed by atoms with E-state index in [1.165, 1.54) is 18.6 Å². The third kappa shape index (κ3) is 4.57. The van der Waals surface area contributed by atoms with Crippen LogP contribution in [0.15, 0.2) is 42.9 Å². The van der Waals surface area contributed by atoms with E-state index in [0.717, 1.165) is 36.2 Å². The SMILES string of the molecule is CC(C)Cn1c([C@@H]2CCCN2C(=O)CCNC(=O)c2cnccn2)nc2ccccc21. The van der Waals surface area contributed by atoms with Gasteiger partial charge in [0.25, 0.3) is 5.91 Å². The van der Waals surface area contributed by atoms with Crippen LogP contribution in [0.2, 0.25) is 0 Å². The lowest BCUT2D eigenvalue weighted by molar-refractivity contribution is -0.132. The van der Waals surface area contributed by atoms with E-state index in [-0.39, 0.29) is 36.5 Å². The molecule has 3 aromatic rings. The molecule has 0 bridgehead atoms. The zero-order chi connectivity index (χ0) is 21.8. The fourth-order valence-electron chi connectivity index (χ4n) is 4.17. The second kappa shape index (κ2) is 9.24. The topological polar surface area (TPSA) is 93.0 Å². The van der Waals surface area contributed by atoms with Gasteiger partial charge in [-0.2, -0.15) is 0 Å². The number of nitrogens with zero attached hydrogens (tertiary/aromatic N) is 5. The number of hydrogen-bond acceptors (Lipinski definition) is 5. The van der Waals surface area contributed by atoms with E-state index in [1.54, 1.807) is 0 Å². The highest BCUT2D eigenvalue weighted by molar-refractivity contribution is 5.92. The molecule has 8 nitrogen and oxygen atoms in total. The summed E-state index contributed by atoms with van der Waals surface area (Å²) in [5.74, 6) is 1.14. The van der Waals surface area contributed by atoms with Crippen molar-refractivity contribution in [3.8, 4) is 0 Å². The van der Waals surface area contributed by atoms with Crippen LogP contribution in [0, 0.1) is 5.92 Å². The molecule has 1 aromatic carbocycles. The summed E-state index contributed by atoms with van der Waals surface area (Å²) >= 11 is 0. The summed E-state index contributed by atoms with van der Waals surface area (Å²) in [5, 5.41) is 2.76. The molecule has 0 radical (unpaired) electrons. The first-order chi connectivity index (χ1) is 15.0. The fourth-order valence-corrected chi connectivity index (χ4v) is 4.17. The molecule has 8 heteroatoms. The van der Waals surface area contributed by atoms with Crippen LogP contribution in [-0.4, -0.2) is 49.3 Å². The van der Waals surface area contributed by atoms with E-state index in [2.05, 4.69) is 39.8 Å². The smallest absolute Gasteiger partial charge is 0.271 e. The predicted molar refractivity (Wildman–Crippen MR) is 117 cm³/mol. The summed E-state index contributed by atoms with van der Waals surface area (Å²) < 4.78 is 2.27. The summed E-state index contributed by atoms with van der Waals surface area (Å²) in [5.41, 5.74) is 2.33. The standard InChI is InChI=1S/C23H28N6O2/c1-16(2)15-29-19-7-4-3-6-17(19)27-22(29)20-8-5-13-28(20)21(30)9-10-26-23(31)18-14-24-11-12-25-18/h3-4,6-7,11-12,14,16,20H,5,8-10,13,15H2,1-2H3,(H,26,31)/t20-/m0/s1. The van der Waals surface area contributed by atoms with Gasteiger partial charge in [0.1, 0.15) is 11.5 Å². The van der Waals surface area contributed by atoms with Gasteiger partial charge in [0, 0.05) is 38.4 Å². The molecule has 1 fully saturated rings. The molecule has 1 aliphatic rings. The summed E-state index contributed by atoms with van der Waals surface area (Å²) in [6.07, 6.45) is 6.49. The number of carbonyl (C=O) groups is 2. The van der Waals surface area contributed by atoms with E-state index in [4.69, 9.17) is 4.98 Å².